The van der Waals surface area contributed by atoms with Gasteiger partial charge in [0.25, 0.3) is 0 Å². The molecule has 22 heavy (non-hydrogen) atoms. The lowest BCUT2D eigenvalue weighted by atomic mass is 9.99. The zero-order chi connectivity index (χ0) is 15.5. The third kappa shape index (κ3) is 2.50. The van der Waals surface area contributed by atoms with Crippen molar-refractivity contribution in [2.24, 2.45) is 0 Å². The SMILES string of the molecule is CCCCOC(=O)c1ccc2c(ccc3ccccc32)c1[O]. The summed E-state index contributed by atoms with van der Waals surface area (Å²) in [6.45, 7) is 2.37. The Morgan fingerprint density at radius 2 is 1.73 bits per heavy atom. The van der Waals surface area contributed by atoms with Crippen LogP contribution in [-0.4, -0.2) is 12.6 Å². The quantitative estimate of drug-likeness (QED) is 0.382. The summed E-state index contributed by atoms with van der Waals surface area (Å²) in [5.41, 5.74) is 0.110. The van der Waals surface area contributed by atoms with Crippen LogP contribution in [0, 0.1) is 0 Å². The Morgan fingerprint density at radius 3 is 2.55 bits per heavy atom. The van der Waals surface area contributed by atoms with Gasteiger partial charge in [-0.25, -0.2) is 4.79 Å². The lowest BCUT2D eigenvalue weighted by Gasteiger charge is -2.08. The molecule has 0 aromatic heterocycles. The molecule has 111 valence electrons. The van der Waals surface area contributed by atoms with Crippen molar-refractivity contribution in [1.29, 1.82) is 0 Å². The van der Waals surface area contributed by atoms with E-state index in [9.17, 15) is 9.90 Å². The summed E-state index contributed by atoms with van der Waals surface area (Å²) >= 11 is 0. The second kappa shape index (κ2) is 6.06. The van der Waals surface area contributed by atoms with Gasteiger partial charge in [0, 0.05) is 5.39 Å². The fourth-order valence-electron chi connectivity index (χ4n) is 2.61. The van der Waals surface area contributed by atoms with Crippen molar-refractivity contribution in [1.82, 2.24) is 0 Å². The monoisotopic (exact) mass is 293 g/mol. The third-order valence-corrected chi connectivity index (χ3v) is 3.83. The van der Waals surface area contributed by atoms with Gasteiger partial charge < -0.3 is 4.74 Å². The summed E-state index contributed by atoms with van der Waals surface area (Å²) in [5.74, 6) is -0.793. The molecule has 0 aliphatic carbocycles. The Morgan fingerprint density at radius 1 is 0.955 bits per heavy atom. The molecule has 3 aromatic carbocycles. The molecule has 3 heteroatoms. The molecule has 0 spiro atoms. The summed E-state index contributed by atoms with van der Waals surface area (Å²) in [7, 11) is 0. The molecule has 0 saturated carbocycles. The fraction of sp³-hybridized carbons (Fsp3) is 0.211. The van der Waals surface area contributed by atoms with Gasteiger partial charge >= 0.3 is 5.97 Å². The van der Waals surface area contributed by atoms with Crippen LogP contribution < -0.4 is 0 Å². The second-order valence-corrected chi connectivity index (χ2v) is 5.31. The van der Waals surface area contributed by atoms with E-state index in [1.165, 1.54) is 0 Å². The molecule has 0 aliphatic heterocycles. The molecule has 0 amide bonds. The zero-order valence-corrected chi connectivity index (χ0v) is 12.5. The number of rotatable bonds is 4. The van der Waals surface area contributed by atoms with E-state index >= 15 is 0 Å². The minimum atomic E-state index is -0.534. The second-order valence-electron chi connectivity index (χ2n) is 5.31. The van der Waals surface area contributed by atoms with E-state index in [1.54, 1.807) is 12.1 Å². The van der Waals surface area contributed by atoms with E-state index in [-0.39, 0.29) is 11.3 Å². The van der Waals surface area contributed by atoms with Crippen LogP contribution in [0.2, 0.25) is 0 Å². The smallest absolute Gasteiger partial charge is 0.342 e. The number of carbonyl (C=O) groups is 1. The van der Waals surface area contributed by atoms with E-state index in [1.807, 2.05) is 43.3 Å². The molecule has 1 radical (unpaired) electrons. The van der Waals surface area contributed by atoms with Crippen LogP contribution in [0.3, 0.4) is 0 Å². The lowest BCUT2D eigenvalue weighted by Crippen LogP contribution is -2.06. The minimum absolute atomic E-state index is 0.110. The number of carbonyl (C=O) groups excluding carboxylic acids is 1. The molecule has 0 atom stereocenters. The molecule has 0 aliphatic rings. The van der Waals surface area contributed by atoms with Crippen LogP contribution in [-0.2, 0) is 9.84 Å². The van der Waals surface area contributed by atoms with Gasteiger partial charge in [0.1, 0.15) is 5.56 Å². The van der Waals surface area contributed by atoms with Crippen molar-refractivity contribution in [3.05, 3.63) is 54.1 Å². The molecule has 3 rings (SSSR count). The highest BCUT2D eigenvalue weighted by molar-refractivity contribution is 6.12. The molecule has 0 heterocycles. The summed E-state index contributed by atoms with van der Waals surface area (Å²) in [6, 6.07) is 15.0. The highest BCUT2D eigenvalue weighted by Crippen LogP contribution is 2.34. The molecule has 0 unspecified atom stereocenters. The van der Waals surface area contributed by atoms with Gasteiger partial charge in [-0.3, -0.25) is 5.11 Å². The Hall–Kier alpha value is -2.55. The molecule has 0 fully saturated rings. The summed E-state index contributed by atoms with van der Waals surface area (Å²) in [4.78, 5) is 12.0. The Bertz CT molecular complexity index is 837. The first-order valence-corrected chi connectivity index (χ1v) is 7.51. The number of fused-ring (bicyclic) bond motifs is 3. The van der Waals surface area contributed by atoms with E-state index in [0.29, 0.717) is 12.0 Å². The highest BCUT2D eigenvalue weighted by atomic mass is 16.5. The number of hydrogen-bond acceptors (Lipinski definition) is 2. The van der Waals surface area contributed by atoms with Crippen molar-refractivity contribution in [2.45, 2.75) is 19.8 Å². The first-order chi connectivity index (χ1) is 10.7. The van der Waals surface area contributed by atoms with Crippen molar-refractivity contribution in [2.75, 3.05) is 6.61 Å². The maximum atomic E-state index is 12.5. The van der Waals surface area contributed by atoms with E-state index in [2.05, 4.69) is 0 Å². The van der Waals surface area contributed by atoms with Gasteiger partial charge in [-0.05, 0) is 34.7 Å². The van der Waals surface area contributed by atoms with E-state index in [4.69, 9.17) is 4.74 Å². The molecule has 3 aromatic rings. The summed E-state index contributed by atoms with van der Waals surface area (Å²) < 4.78 is 5.15. The number of benzene rings is 3. The first-order valence-electron chi connectivity index (χ1n) is 7.51. The van der Waals surface area contributed by atoms with Crippen molar-refractivity contribution >= 4 is 27.5 Å². The largest absolute Gasteiger partial charge is 0.462 e. The molecule has 0 bridgehead atoms. The van der Waals surface area contributed by atoms with Crippen molar-refractivity contribution < 1.29 is 14.6 Å². The predicted octanol–water partition coefficient (Wildman–Crippen LogP) is 5.09. The normalized spacial score (nSPS) is 11.0. The topological polar surface area (TPSA) is 46.2 Å². The molecule has 0 N–H and O–H groups in total. The number of unbranched alkanes of at least 4 members (excludes halogenated alkanes) is 1. The third-order valence-electron chi connectivity index (χ3n) is 3.83. The maximum Gasteiger partial charge on any atom is 0.342 e. The van der Waals surface area contributed by atoms with Crippen LogP contribution in [0.25, 0.3) is 21.5 Å². The molecular weight excluding hydrogens is 276 g/mol. The van der Waals surface area contributed by atoms with Crippen LogP contribution in [0.15, 0.2) is 48.5 Å². The zero-order valence-electron chi connectivity index (χ0n) is 12.5. The number of ether oxygens (including phenoxy) is 1. The van der Waals surface area contributed by atoms with Crippen LogP contribution in [0.1, 0.15) is 30.1 Å². The highest BCUT2D eigenvalue weighted by Gasteiger charge is 2.17. The summed E-state index contributed by atoms with van der Waals surface area (Å²) in [6.07, 6.45) is 1.75. The van der Waals surface area contributed by atoms with E-state index in [0.717, 1.165) is 29.0 Å². The molecule has 0 saturated heterocycles. The average molecular weight is 293 g/mol. The Balaban J connectivity index is 2.06. The number of hydrogen-bond donors (Lipinski definition) is 0. The minimum Gasteiger partial charge on any atom is -0.462 e. The van der Waals surface area contributed by atoms with Crippen LogP contribution >= 0.6 is 0 Å². The first kappa shape index (κ1) is 14.4. The van der Waals surface area contributed by atoms with Gasteiger partial charge in [0.05, 0.1) is 6.61 Å². The van der Waals surface area contributed by atoms with Gasteiger partial charge in [0.2, 0.25) is 5.75 Å². The lowest BCUT2D eigenvalue weighted by molar-refractivity contribution is 0.0495. The Kier molecular flexibility index (Phi) is 3.96. The van der Waals surface area contributed by atoms with Crippen molar-refractivity contribution in [3.8, 4) is 5.75 Å². The number of esters is 1. The standard InChI is InChI=1S/C19H17O3/c1-2-3-12-22-19(21)17-11-10-15-14-7-5-4-6-13(14)8-9-16(15)18(17)20/h4-11H,2-3,12H2,1H3. The predicted molar refractivity (Wildman–Crippen MR) is 86.8 cm³/mol. The maximum absolute atomic E-state index is 12.5. The van der Waals surface area contributed by atoms with Crippen LogP contribution in [0.4, 0.5) is 0 Å². The van der Waals surface area contributed by atoms with Crippen LogP contribution in [0.5, 0.6) is 5.75 Å². The Labute approximate surface area is 129 Å². The summed E-state index contributed by atoms with van der Waals surface area (Å²) in [5, 5.41) is 16.1. The molecular formula is C19H17O3. The van der Waals surface area contributed by atoms with Gasteiger partial charge in [-0.15, -0.1) is 0 Å². The van der Waals surface area contributed by atoms with Gasteiger partial charge in [-0.1, -0.05) is 49.7 Å². The van der Waals surface area contributed by atoms with Crippen molar-refractivity contribution in [3.63, 3.8) is 0 Å². The van der Waals surface area contributed by atoms with Gasteiger partial charge in [0.15, 0.2) is 0 Å². The van der Waals surface area contributed by atoms with Gasteiger partial charge in [-0.2, -0.15) is 0 Å². The molecule has 3 nitrogen and oxygen atoms in total. The van der Waals surface area contributed by atoms with E-state index < -0.39 is 5.97 Å². The fourth-order valence-corrected chi connectivity index (χ4v) is 2.61. The average Bonchev–Trinajstić information content (AvgIpc) is 2.55.